The van der Waals surface area contributed by atoms with Crippen molar-refractivity contribution < 1.29 is 4.79 Å². The summed E-state index contributed by atoms with van der Waals surface area (Å²) in [6.45, 7) is 1.89. The van der Waals surface area contributed by atoms with E-state index in [-0.39, 0.29) is 0 Å². The van der Waals surface area contributed by atoms with Gasteiger partial charge in [-0.15, -0.1) is 0 Å². The van der Waals surface area contributed by atoms with Crippen LogP contribution < -0.4 is 0 Å². The molecular weight excluding hydrogens is 198 g/mol. The first kappa shape index (κ1) is 9.16. The number of rotatable bonds is 1. The molecule has 0 spiro atoms. The normalized spacial score (nSPS) is 10.4. The molecule has 1 aromatic carbocycles. The van der Waals surface area contributed by atoms with E-state index < -0.39 is 0 Å². The first-order valence-corrected chi connectivity index (χ1v) is 4.61. The lowest BCUT2D eigenvalue weighted by atomic mass is 10.1. The maximum absolute atomic E-state index is 10.7. The van der Waals surface area contributed by atoms with Crippen LogP contribution in [0.1, 0.15) is 16.1 Å². The summed E-state index contributed by atoms with van der Waals surface area (Å²) in [5.74, 6) is 0. The standard InChI is InChI=1S/C11H8ClNO/c1-7-2-4-9-8(6-14)3-5-10(12)11(9)13-7/h2-6H,1H3. The molecule has 1 aromatic heterocycles. The summed E-state index contributed by atoms with van der Waals surface area (Å²) in [5, 5.41) is 1.38. The molecule has 0 saturated carbocycles. The van der Waals surface area contributed by atoms with Gasteiger partial charge in [-0.25, -0.2) is 0 Å². The van der Waals surface area contributed by atoms with Gasteiger partial charge in [0.15, 0.2) is 6.29 Å². The Bertz CT molecular complexity index is 508. The number of fused-ring (bicyclic) bond motifs is 1. The van der Waals surface area contributed by atoms with Crippen molar-refractivity contribution in [3.05, 3.63) is 40.5 Å². The molecule has 2 rings (SSSR count). The number of pyridine rings is 1. The van der Waals surface area contributed by atoms with Crippen molar-refractivity contribution in [3.8, 4) is 0 Å². The molecule has 2 nitrogen and oxygen atoms in total. The Morgan fingerprint density at radius 3 is 2.79 bits per heavy atom. The van der Waals surface area contributed by atoms with E-state index in [2.05, 4.69) is 4.98 Å². The number of carbonyl (C=O) groups is 1. The number of hydrogen-bond donors (Lipinski definition) is 0. The predicted molar refractivity (Wildman–Crippen MR) is 56.9 cm³/mol. The maximum atomic E-state index is 10.7. The van der Waals surface area contributed by atoms with Crippen molar-refractivity contribution >= 4 is 28.8 Å². The van der Waals surface area contributed by atoms with Crippen LogP contribution in [0.4, 0.5) is 0 Å². The topological polar surface area (TPSA) is 30.0 Å². The lowest BCUT2D eigenvalue weighted by Crippen LogP contribution is -1.88. The number of aryl methyl sites for hydroxylation is 1. The van der Waals surface area contributed by atoms with Gasteiger partial charge in [-0.05, 0) is 25.1 Å². The molecule has 0 unspecified atom stereocenters. The monoisotopic (exact) mass is 205 g/mol. The van der Waals surface area contributed by atoms with Crippen LogP contribution in [0.2, 0.25) is 5.02 Å². The number of aromatic nitrogens is 1. The number of halogens is 1. The zero-order valence-corrected chi connectivity index (χ0v) is 8.38. The second kappa shape index (κ2) is 3.39. The van der Waals surface area contributed by atoms with Crippen LogP contribution >= 0.6 is 11.6 Å². The first-order chi connectivity index (χ1) is 6.72. The highest BCUT2D eigenvalue weighted by molar-refractivity contribution is 6.35. The average Bonchev–Trinajstić information content (AvgIpc) is 2.19. The molecular formula is C11H8ClNO. The first-order valence-electron chi connectivity index (χ1n) is 4.23. The second-order valence-electron chi connectivity index (χ2n) is 3.10. The van der Waals surface area contributed by atoms with Gasteiger partial charge in [0.25, 0.3) is 0 Å². The Labute approximate surface area is 86.5 Å². The van der Waals surface area contributed by atoms with E-state index in [9.17, 15) is 4.79 Å². The van der Waals surface area contributed by atoms with Crippen molar-refractivity contribution in [2.24, 2.45) is 0 Å². The lowest BCUT2D eigenvalue weighted by Gasteiger charge is -2.03. The van der Waals surface area contributed by atoms with Crippen LogP contribution in [0.15, 0.2) is 24.3 Å². The second-order valence-corrected chi connectivity index (χ2v) is 3.51. The van der Waals surface area contributed by atoms with E-state index in [0.29, 0.717) is 16.1 Å². The van der Waals surface area contributed by atoms with Gasteiger partial charge in [0.1, 0.15) is 0 Å². The Balaban J connectivity index is 2.91. The van der Waals surface area contributed by atoms with E-state index in [1.165, 1.54) is 0 Å². The van der Waals surface area contributed by atoms with Crippen LogP contribution in [0.25, 0.3) is 10.9 Å². The molecule has 0 saturated heterocycles. The lowest BCUT2D eigenvalue weighted by molar-refractivity contribution is 0.112. The van der Waals surface area contributed by atoms with E-state index in [1.54, 1.807) is 12.1 Å². The van der Waals surface area contributed by atoms with Crippen molar-refractivity contribution in [2.75, 3.05) is 0 Å². The van der Waals surface area contributed by atoms with Gasteiger partial charge in [-0.3, -0.25) is 9.78 Å². The summed E-state index contributed by atoms with van der Waals surface area (Å²) >= 11 is 5.98. The Hall–Kier alpha value is -1.41. The molecule has 14 heavy (non-hydrogen) atoms. The minimum absolute atomic E-state index is 0.578. The summed E-state index contributed by atoms with van der Waals surface area (Å²) in [5.41, 5.74) is 2.20. The van der Waals surface area contributed by atoms with Crippen LogP contribution in [0.5, 0.6) is 0 Å². The Kier molecular flexibility index (Phi) is 2.22. The highest BCUT2D eigenvalue weighted by Crippen LogP contribution is 2.24. The minimum atomic E-state index is 0.578. The maximum Gasteiger partial charge on any atom is 0.150 e. The van der Waals surface area contributed by atoms with E-state index in [1.807, 2.05) is 19.1 Å². The predicted octanol–water partition coefficient (Wildman–Crippen LogP) is 3.01. The molecule has 0 aliphatic rings. The Morgan fingerprint density at radius 1 is 1.29 bits per heavy atom. The number of carbonyl (C=O) groups excluding carboxylic acids is 1. The van der Waals surface area contributed by atoms with Gasteiger partial charge in [0.05, 0.1) is 10.5 Å². The van der Waals surface area contributed by atoms with E-state index in [4.69, 9.17) is 11.6 Å². The SMILES string of the molecule is Cc1ccc2c(C=O)ccc(Cl)c2n1. The smallest absolute Gasteiger partial charge is 0.150 e. The summed E-state index contributed by atoms with van der Waals surface area (Å²) in [4.78, 5) is 15.0. The number of hydrogen-bond acceptors (Lipinski definition) is 2. The molecule has 0 amide bonds. The van der Waals surface area contributed by atoms with Gasteiger partial charge in [0.2, 0.25) is 0 Å². The van der Waals surface area contributed by atoms with E-state index in [0.717, 1.165) is 17.4 Å². The molecule has 0 atom stereocenters. The molecule has 0 radical (unpaired) electrons. The molecule has 2 aromatic rings. The molecule has 0 fully saturated rings. The third-order valence-electron chi connectivity index (χ3n) is 2.11. The fourth-order valence-corrected chi connectivity index (χ4v) is 1.61. The van der Waals surface area contributed by atoms with Crippen LogP contribution in [-0.2, 0) is 0 Å². The van der Waals surface area contributed by atoms with E-state index >= 15 is 0 Å². The van der Waals surface area contributed by atoms with Crippen LogP contribution in [0.3, 0.4) is 0 Å². The summed E-state index contributed by atoms with van der Waals surface area (Å²) in [7, 11) is 0. The molecule has 1 heterocycles. The zero-order valence-electron chi connectivity index (χ0n) is 7.62. The van der Waals surface area contributed by atoms with Gasteiger partial charge in [0, 0.05) is 16.6 Å². The summed E-state index contributed by atoms with van der Waals surface area (Å²) in [6, 6.07) is 7.13. The summed E-state index contributed by atoms with van der Waals surface area (Å²) in [6.07, 6.45) is 0.815. The highest BCUT2D eigenvalue weighted by Gasteiger charge is 2.04. The average molecular weight is 206 g/mol. The number of benzene rings is 1. The van der Waals surface area contributed by atoms with Gasteiger partial charge < -0.3 is 0 Å². The van der Waals surface area contributed by atoms with Crippen molar-refractivity contribution in [3.63, 3.8) is 0 Å². The Morgan fingerprint density at radius 2 is 2.07 bits per heavy atom. The van der Waals surface area contributed by atoms with Gasteiger partial charge >= 0.3 is 0 Å². The van der Waals surface area contributed by atoms with Crippen molar-refractivity contribution in [1.82, 2.24) is 4.98 Å². The molecule has 0 aliphatic heterocycles. The van der Waals surface area contributed by atoms with Crippen molar-refractivity contribution in [2.45, 2.75) is 6.92 Å². The molecule has 70 valence electrons. The molecule has 3 heteroatoms. The van der Waals surface area contributed by atoms with Crippen molar-refractivity contribution in [1.29, 1.82) is 0 Å². The third kappa shape index (κ3) is 1.38. The highest BCUT2D eigenvalue weighted by atomic mass is 35.5. The number of aldehydes is 1. The largest absolute Gasteiger partial charge is 0.298 e. The van der Waals surface area contributed by atoms with Crippen LogP contribution in [-0.4, -0.2) is 11.3 Å². The third-order valence-corrected chi connectivity index (χ3v) is 2.41. The fourth-order valence-electron chi connectivity index (χ4n) is 1.41. The molecule has 0 N–H and O–H groups in total. The summed E-state index contributed by atoms with van der Waals surface area (Å²) < 4.78 is 0. The number of nitrogens with zero attached hydrogens (tertiary/aromatic N) is 1. The quantitative estimate of drug-likeness (QED) is 0.670. The zero-order chi connectivity index (χ0) is 10.1. The molecule has 0 bridgehead atoms. The minimum Gasteiger partial charge on any atom is -0.298 e. The van der Waals surface area contributed by atoms with Gasteiger partial charge in [-0.2, -0.15) is 0 Å². The molecule has 0 aliphatic carbocycles. The fraction of sp³-hybridized carbons (Fsp3) is 0.0909. The van der Waals surface area contributed by atoms with Crippen LogP contribution in [0, 0.1) is 6.92 Å². The van der Waals surface area contributed by atoms with Gasteiger partial charge in [-0.1, -0.05) is 17.7 Å².